The van der Waals surface area contributed by atoms with Crippen LogP contribution in [0.3, 0.4) is 0 Å². The molecule has 1 aromatic heterocycles. The van der Waals surface area contributed by atoms with Gasteiger partial charge in [0, 0.05) is 31.2 Å². The Labute approximate surface area is 111 Å². The molecule has 100 valence electrons. The maximum Gasteiger partial charge on any atom is 0.325 e. The Kier molecular flexibility index (Phi) is 4.37. The molecule has 1 N–H and O–H groups in total. The van der Waals surface area contributed by atoms with Crippen LogP contribution in [0.5, 0.6) is 0 Å². The second kappa shape index (κ2) is 5.82. The maximum absolute atomic E-state index is 11.5. The molecule has 2 rings (SSSR count). The first-order valence-corrected chi connectivity index (χ1v) is 7.07. The summed E-state index contributed by atoms with van der Waals surface area (Å²) in [7, 11) is 1.68. The summed E-state index contributed by atoms with van der Waals surface area (Å²) in [6, 6.07) is 1.68. The molecule has 4 nitrogen and oxygen atoms in total. The Hall–Kier alpha value is -0.910. The number of aliphatic carboxylic acids is 1. The highest BCUT2D eigenvalue weighted by molar-refractivity contribution is 7.10. The summed E-state index contributed by atoms with van der Waals surface area (Å²) in [6.45, 7) is 3.56. The number of methoxy groups -OCH3 is 1. The standard InChI is InChI=1S/C13H19NO3S/c1-9(4-7-17-2)14-6-3-11-10(5-8-18-11)12(14)13(15)16/h5,8-9,12H,3-4,6-7H2,1-2H3,(H,15,16). The monoisotopic (exact) mass is 269 g/mol. The van der Waals surface area contributed by atoms with Gasteiger partial charge in [-0.05, 0) is 36.8 Å². The molecule has 0 aliphatic carbocycles. The van der Waals surface area contributed by atoms with Crippen molar-refractivity contribution in [2.24, 2.45) is 0 Å². The Morgan fingerprint density at radius 3 is 3.17 bits per heavy atom. The van der Waals surface area contributed by atoms with Crippen molar-refractivity contribution in [2.75, 3.05) is 20.3 Å². The third kappa shape index (κ3) is 2.58. The topological polar surface area (TPSA) is 49.8 Å². The predicted molar refractivity (Wildman–Crippen MR) is 71.1 cm³/mol. The summed E-state index contributed by atoms with van der Waals surface area (Å²) in [4.78, 5) is 14.8. The molecule has 1 aromatic rings. The molecule has 0 spiro atoms. The van der Waals surface area contributed by atoms with Crippen molar-refractivity contribution >= 4 is 17.3 Å². The van der Waals surface area contributed by atoms with Gasteiger partial charge in [0.1, 0.15) is 6.04 Å². The van der Waals surface area contributed by atoms with Gasteiger partial charge >= 0.3 is 5.97 Å². The third-order valence-electron chi connectivity index (χ3n) is 3.54. The summed E-state index contributed by atoms with van der Waals surface area (Å²) < 4.78 is 5.08. The number of thiophene rings is 1. The maximum atomic E-state index is 11.5. The summed E-state index contributed by atoms with van der Waals surface area (Å²) >= 11 is 1.66. The number of ether oxygens (including phenoxy) is 1. The zero-order valence-electron chi connectivity index (χ0n) is 10.8. The van der Waals surface area contributed by atoms with E-state index in [9.17, 15) is 9.90 Å². The molecule has 1 aliphatic heterocycles. The Balaban J connectivity index is 2.19. The van der Waals surface area contributed by atoms with Crippen LogP contribution >= 0.6 is 11.3 Å². The summed E-state index contributed by atoms with van der Waals surface area (Å²) in [5.74, 6) is -0.751. The van der Waals surface area contributed by atoms with Crippen LogP contribution in [-0.2, 0) is 16.0 Å². The van der Waals surface area contributed by atoms with Gasteiger partial charge in [0.15, 0.2) is 0 Å². The molecule has 2 atom stereocenters. The molecule has 0 amide bonds. The fraction of sp³-hybridized carbons (Fsp3) is 0.615. The van der Waals surface area contributed by atoms with E-state index in [1.165, 1.54) is 4.88 Å². The molecule has 0 saturated heterocycles. The summed E-state index contributed by atoms with van der Waals surface area (Å²) in [6.07, 6.45) is 1.81. The highest BCUT2D eigenvalue weighted by Crippen LogP contribution is 2.35. The number of carboxylic acid groups (broad SMARTS) is 1. The van der Waals surface area contributed by atoms with Gasteiger partial charge in [-0.25, -0.2) is 0 Å². The smallest absolute Gasteiger partial charge is 0.325 e. The van der Waals surface area contributed by atoms with E-state index in [-0.39, 0.29) is 6.04 Å². The van der Waals surface area contributed by atoms with Gasteiger partial charge in [-0.15, -0.1) is 11.3 Å². The lowest BCUT2D eigenvalue weighted by Gasteiger charge is -2.37. The lowest BCUT2D eigenvalue weighted by atomic mass is 9.97. The number of carboxylic acids is 1. The Bertz CT molecular complexity index is 418. The number of hydrogen-bond donors (Lipinski definition) is 1. The molecular weight excluding hydrogens is 250 g/mol. The van der Waals surface area contributed by atoms with E-state index in [1.807, 2.05) is 11.4 Å². The van der Waals surface area contributed by atoms with Gasteiger partial charge < -0.3 is 9.84 Å². The number of rotatable bonds is 5. The second-order valence-electron chi connectivity index (χ2n) is 4.66. The Morgan fingerprint density at radius 1 is 1.72 bits per heavy atom. The fourth-order valence-corrected chi connectivity index (χ4v) is 3.44. The van der Waals surface area contributed by atoms with E-state index in [0.717, 1.165) is 24.9 Å². The second-order valence-corrected chi connectivity index (χ2v) is 5.66. The van der Waals surface area contributed by atoms with Gasteiger partial charge in [-0.3, -0.25) is 9.69 Å². The molecule has 18 heavy (non-hydrogen) atoms. The highest BCUT2D eigenvalue weighted by atomic mass is 32.1. The summed E-state index contributed by atoms with van der Waals surface area (Å²) in [5, 5.41) is 11.5. The minimum absolute atomic E-state index is 0.221. The minimum atomic E-state index is -0.751. The quantitative estimate of drug-likeness (QED) is 0.890. The largest absolute Gasteiger partial charge is 0.480 e. The van der Waals surface area contributed by atoms with E-state index in [4.69, 9.17) is 4.74 Å². The lowest BCUT2D eigenvalue weighted by molar-refractivity contribution is -0.145. The van der Waals surface area contributed by atoms with Crippen molar-refractivity contribution in [3.63, 3.8) is 0 Å². The predicted octanol–water partition coefficient (Wildman–Crippen LogP) is 2.16. The lowest BCUT2D eigenvalue weighted by Crippen LogP contribution is -2.44. The van der Waals surface area contributed by atoms with Crippen LogP contribution < -0.4 is 0 Å². The van der Waals surface area contributed by atoms with Gasteiger partial charge in [-0.2, -0.15) is 0 Å². The first-order valence-electron chi connectivity index (χ1n) is 6.19. The van der Waals surface area contributed by atoms with E-state index < -0.39 is 12.0 Å². The van der Waals surface area contributed by atoms with Gasteiger partial charge in [0.25, 0.3) is 0 Å². The van der Waals surface area contributed by atoms with Crippen LogP contribution in [-0.4, -0.2) is 42.3 Å². The first-order chi connectivity index (χ1) is 8.65. The summed E-state index contributed by atoms with van der Waals surface area (Å²) in [5.41, 5.74) is 0.975. The van der Waals surface area contributed by atoms with Crippen molar-refractivity contribution in [1.82, 2.24) is 4.90 Å². The van der Waals surface area contributed by atoms with Crippen molar-refractivity contribution < 1.29 is 14.6 Å². The molecule has 0 aromatic carbocycles. The number of nitrogens with zero attached hydrogens (tertiary/aromatic N) is 1. The van der Waals surface area contributed by atoms with E-state index in [1.54, 1.807) is 18.4 Å². The molecule has 5 heteroatoms. The average Bonchev–Trinajstić information content (AvgIpc) is 2.82. The normalized spacial score (nSPS) is 21.6. The number of fused-ring (bicyclic) bond motifs is 1. The van der Waals surface area contributed by atoms with E-state index >= 15 is 0 Å². The van der Waals surface area contributed by atoms with Crippen LogP contribution in [0.25, 0.3) is 0 Å². The molecule has 2 unspecified atom stereocenters. The van der Waals surface area contributed by atoms with Crippen LogP contribution in [0.15, 0.2) is 11.4 Å². The van der Waals surface area contributed by atoms with Crippen LogP contribution in [0, 0.1) is 0 Å². The highest BCUT2D eigenvalue weighted by Gasteiger charge is 2.35. The zero-order valence-corrected chi connectivity index (χ0v) is 11.6. The van der Waals surface area contributed by atoms with Crippen LogP contribution in [0.2, 0.25) is 0 Å². The molecule has 2 heterocycles. The molecular formula is C13H19NO3S. The minimum Gasteiger partial charge on any atom is -0.480 e. The van der Waals surface area contributed by atoms with Crippen molar-refractivity contribution in [3.05, 3.63) is 21.9 Å². The van der Waals surface area contributed by atoms with Gasteiger partial charge in [-0.1, -0.05) is 0 Å². The first kappa shape index (κ1) is 13.5. The van der Waals surface area contributed by atoms with Crippen molar-refractivity contribution in [2.45, 2.75) is 31.8 Å². The van der Waals surface area contributed by atoms with Gasteiger partial charge in [0.2, 0.25) is 0 Å². The van der Waals surface area contributed by atoms with Crippen LogP contribution in [0.4, 0.5) is 0 Å². The molecule has 1 aliphatic rings. The zero-order chi connectivity index (χ0) is 13.1. The van der Waals surface area contributed by atoms with Crippen molar-refractivity contribution in [1.29, 1.82) is 0 Å². The fourth-order valence-electron chi connectivity index (χ4n) is 2.54. The SMILES string of the molecule is COCCC(C)N1CCc2sccc2C1C(=O)O. The third-order valence-corrected chi connectivity index (χ3v) is 4.54. The molecule has 0 fully saturated rings. The Morgan fingerprint density at radius 2 is 2.50 bits per heavy atom. The van der Waals surface area contributed by atoms with Gasteiger partial charge in [0.05, 0.1) is 0 Å². The molecule has 0 bridgehead atoms. The van der Waals surface area contributed by atoms with Crippen molar-refractivity contribution in [3.8, 4) is 0 Å². The van der Waals surface area contributed by atoms with Crippen LogP contribution in [0.1, 0.15) is 29.8 Å². The molecule has 0 saturated carbocycles. The van der Waals surface area contributed by atoms with E-state index in [0.29, 0.717) is 6.61 Å². The average molecular weight is 269 g/mol. The number of carbonyl (C=O) groups is 1. The molecule has 0 radical (unpaired) electrons. The van der Waals surface area contributed by atoms with E-state index in [2.05, 4.69) is 11.8 Å². The number of hydrogen-bond acceptors (Lipinski definition) is 4.